The molecule has 3 aromatic heterocycles. The van der Waals surface area contributed by atoms with E-state index in [-0.39, 0.29) is 5.91 Å². The number of nitrogens with one attached hydrogen (secondary N) is 2. The molecule has 0 atom stereocenters. The second-order valence-corrected chi connectivity index (χ2v) is 6.08. The molecule has 2 N–H and O–H groups in total. The first-order chi connectivity index (χ1) is 11.2. The summed E-state index contributed by atoms with van der Waals surface area (Å²) in [5, 5.41) is 6.36. The molecule has 0 unspecified atom stereocenters. The zero-order valence-electron chi connectivity index (χ0n) is 12.3. The van der Waals surface area contributed by atoms with Crippen LogP contribution in [-0.4, -0.2) is 15.9 Å². The highest BCUT2D eigenvalue weighted by Gasteiger charge is 2.13. The third kappa shape index (κ3) is 2.64. The fraction of sp³-hybridized carbons (Fsp3) is 0.0588. The molecule has 0 saturated heterocycles. The highest BCUT2D eigenvalue weighted by atomic mass is 32.1. The first-order valence-electron chi connectivity index (χ1n) is 7.09. The fourth-order valence-corrected chi connectivity index (χ4v) is 3.21. The summed E-state index contributed by atoms with van der Waals surface area (Å²) in [4.78, 5) is 19.9. The van der Waals surface area contributed by atoms with Crippen LogP contribution in [-0.2, 0) is 0 Å². The maximum atomic E-state index is 12.3. The fourth-order valence-electron chi connectivity index (χ4n) is 2.44. The van der Waals surface area contributed by atoms with Crippen molar-refractivity contribution in [3.05, 3.63) is 59.4 Å². The van der Waals surface area contributed by atoms with Gasteiger partial charge in [0, 0.05) is 27.7 Å². The van der Waals surface area contributed by atoms with Crippen LogP contribution < -0.4 is 5.32 Å². The van der Waals surface area contributed by atoms with Crippen LogP contribution in [0.25, 0.3) is 21.7 Å². The Morgan fingerprint density at radius 1 is 1.30 bits per heavy atom. The van der Waals surface area contributed by atoms with Crippen LogP contribution in [0.3, 0.4) is 0 Å². The highest BCUT2D eigenvalue weighted by Crippen LogP contribution is 2.25. The van der Waals surface area contributed by atoms with E-state index in [4.69, 9.17) is 4.42 Å². The minimum Gasteiger partial charge on any atom is -0.462 e. The number of amides is 1. The number of fused-ring (bicyclic) bond motifs is 1. The Kier molecular flexibility index (Phi) is 3.24. The molecule has 0 fully saturated rings. The first kappa shape index (κ1) is 13.8. The van der Waals surface area contributed by atoms with Gasteiger partial charge >= 0.3 is 0 Å². The molecular formula is C17H13N3O2S. The lowest BCUT2D eigenvalue weighted by Gasteiger charge is -2.03. The van der Waals surface area contributed by atoms with Crippen molar-refractivity contribution < 1.29 is 9.21 Å². The normalized spacial score (nSPS) is 11.0. The van der Waals surface area contributed by atoms with E-state index in [0.29, 0.717) is 16.5 Å². The third-order valence-corrected chi connectivity index (χ3v) is 4.34. The van der Waals surface area contributed by atoms with Gasteiger partial charge in [-0.15, -0.1) is 11.3 Å². The largest absolute Gasteiger partial charge is 0.462 e. The second-order valence-electron chi connectivity index (χ2n) is 5.22. The standard InChI is InChI=1S/C17H13N3O2S/c1-10-7-11-8-12(4-5-13(11)18-10)19-16(21)14-9-23-17(20-14)15-3-2-6-22-15/h2-9,18H,1H3,(H,19,21). The number of H-pyrrole nitrogens is 1. The Hall–Kier alpha value is -2.86. The summed E-state index contributed by atoms with van der Waals surface area (Å²) in [6.45, 7) is 2.00. The number of rotatable bonds is 3. The van der Waals surface area contributed by atoms with Gasteiger partial charge in [0.15, 0.2) is 10.8 Å². The number of aromatic amines is 1. The van der Waals surface area contributed by atoms with Crippen molar-refractivity contribution in [2.24, 2.45) is 0 Å². The summed E-state index contributed by atoms with van der Waals surface area (Å²) < 4.78 is 5.29. The highest BCUT2D eigenvalue weighted by molar-refractivity contribution is 7.13. The lowest BCUT2D eigenvalue weighted by molar-refractivity contribution is 0.102. The predicted octanol–water partition coefficient (Wildman–Crippen LogP) is 4.45. The van der Waals surface area contributed by atoms with Gasteiger partial charge in [-0.1, -0.05) is 0 Å². The van der Waals surface area contributed by atoms with Crippen LogP contribution in [0.5, 0.6) is 0 Å². The quantitative estimate of drug-likeness (QED) is 0.585. The summed E-state index contributed by atoms with van der Waals surface area (Å²) in [7, 11) is 0. The molecule has 0 spiro atoms. The van der Waals surface area contributed by atoms with E-state index < -0.39 is 0 Å². The van der Waals surface area contributed by atoms with Gasteiger partial charge in [0.1, 0.15) is 5.69 Å². The zero-order chi connectivity index (χ0) is 15.8. The lowest BCUT2D eigenvalue weighted by atomic mass is 10.2. The van der Waals surface area contributed by atoms with Gasteiger partial charge in [-0.25, -0.2) is 4.98 Å². The van der Waals surface area contributed by atoms with Crippen molar-refractivity contribution in [2.45, 2.75) is 6.92 Å². The van der Waals surface area contributed by atoms with Crippen LogP contribution in [0.15, 0.2) is 52.5 Å². The summed E-state index contributed by atoms with van der Waals surface area (Å²) in [6.07, 6.45) is 1.59. The molecule has 23 heavy (non-hydrogen) atoms. The summed E-state index contributed by atoms with van der Waals surface area (Å²) >= 11 is 1.38. The van der Waals surface area contributed by atoms with Crippen molar-refractivity contribution in [1.82, 2.24) is 9.97 Å². The minimum atomic E-state index is -0.231. The van der Waals surface area contributed by atoms with Crippen molar-refractivity contribution in [3.63, 3.8) is 0 Å². The number of aromatic nitrogens is 2. The number of hydrogen-bond acceptors (Lipinski definition) is 4. The Morgan fingerprint density at radius 2 is 2.22 bits per heavy atom. The van der Waals surface area contributed by atoms with E-state index in [9.17, 15) is 4.79 Å². The maximum Gasteiger partial charge on any atom is 0.275 e. The topological polar surface area (TPSA) is 70.9 Å². The number of benzene rings is 1. The van der Waals surface area contributed by atoms with Gasteiger partial charge in [0.25, 0.3) is 5.91 Å². The second kappa shape index (κ2) is 5.40. The van der Waals surface area contributed by atoms with Gasteiger partial charge in [-0.2, -0.15) is 0 Å². The van der Waals surface area contributed by atoms with Gasteiger partial charge < -0.3 is 14.7 Å². The lowest BCUT2D eigenvalue weighted by Crippen LogP contribution is -2.12. The van der Waals surface area contributed by atoms with Gasteiger partial charge in [-0.3, -0.25) is 4.79 Å². The molecule has 4 aromatic rings. The Balaban J connectivity index is 1.56. The molecule has 0 aliphatic carbocycles. The van der Waals surface area contributed by atoms with E-state index in [1.807, 2.05) is 37.3 Å². The number of thiazole rings is 1. The van der Waals surface area contributed by atoms with Crippen molar-refractivity contribution in [2.75, 3.05) is 5.32 Å². The molecule has 6 heteroatoms. The number of hydrogen-bond donors (Lipinski definition) is 2. The van der Waals surface area contributed by atoms with E-state index >= 15 is 0 Å². The first-order valence-corrected chi connectivity index (χ1v) is 7.97. The Labute approximate surface area is 136 Å². The van der Waals surface area contributed by atoms with E-state index in [1.165, 1.54) is 11.3 Å². The van der Waals surface area contributed by atoms with Crippen LogP contribution in [0.2, 0.25) is 0 Å². The summed E-state index contributed by atoms with van der Waals surface area (Å²) in [5.74, 6) is 0.434. The van der Waals surface area contributed by atoms with Gasteiger partial charge in [0.05, 0.1) is 6.26 Å². The monoisotopic (exact) mass is 323 g/mol. The Bertz CT molecular complexity index is 983. The summed E-state index contributed by atoms with van der Waals surface area (Å²) in [6, 6.07) is 11.4. The van der Waals surface area contributed by atoms with Crippen LogP contribution in [0.1, 0.15) is 16.2 Å². The molecule has 0 aliphatic heterocycles. The Morgan fingerprint density at radius 3 is 3.04 bits per heavy atom. The van der Waals surface area contributed by atoms with E-state index in [2.05, 4.69) is 15.3 Å². The number of anilines is 1. The molecule has 1 aromatic carbocycles. The predicted molar refractivity (Wildman–Crippen MR) is 90.8 cm³/mol. The molecule has 0 saturated carbocycles. The van der Waals surface area contributed by atoms with Crippen molar-refractivity contribution in [1.29, 1.82) is 0 Å². The zero-order valence-corrected chi connectivity index (χ0v) is 13.1. The molecule has 114 valence electrons. The molecule has 1 amide bonds. The minimum absolute atomic E-state index is 0.231. The summed E-state index contributed by atoms with van der Waals surface area (Å²) in [5.41, 5.74) is 3.26. The molecule has 0 radical (unpaired) electrons. The molecule has 4 rings (SSSR count). The van der Waals surface area contributed by atoms with Gasteiger partial charge in [0.2, 0.25) is 0 Å². The maximum absolute atomic E-state index is 12.3. The number of aryl methyl sites for hydroxylation is 1. The molecule has 0 aliphatic rings. The number of nitrogens with zero attached hydrogens (tertiary/aromatic N) is 1. The van der Waals surface area contributed by atoms with Crippen LogP contribution in [0, 0.1) is 6.92 Å². The van der Waals surface area contributed by atoms with E-state index in [1.54, 1.807) is 17.7 Å². The van der Waals surface area contributed by atoms with Crippen molar-refractivity contribution in [3.8, 4) is 10.8 Å². The average molecular weight is 323 g/mol. The van der Waals surface area contributed by atoms with E-state index in [0.717, 1.165) is 22.3 Å². The molecular weight excluding hydrogens is 310 g/mol. The number of carbonyl (C=O) groups is 1. The molecule has 0 bridgehead atoms. The number of carbonyl (C=O) groups excluding carboxylic acids is 1. The van der Waals surface area contributed by atoms with Crippen molar-refractivity contribution >= 4 is 33.8 Å². The van der Waals surface area contributed by atoms with Crippen LogP contribution >= 0.6 is 11.3 Å². The number of furan rings is 1. The molecule has 3 heterocycles. The average Bonchev–Trinajstić information content (AvgIpc) is 3.26. The van der Waals surface area contributed by atoms with Gasteiger partial charge in [-0.05, 0) is 43.3 Å². The third-order valence-electron chi connectivity index (χ3n) is 3.48. The smallest absolute Gasteiger partial charge is 0.275 e. The molecule has 5 nitrogen and oxygen atoms in total. The SMILES string of the molecule is Cc1cc2cc(NC(=O)c3csc(-c4ccco4)n3)ccc2[nH]1. The van der Waals surface area contributed by atoms with Crippen LogP contribution in [0.4, 0.5) is 5.69 Å².